The van der Waals surface area contributed by atoms with E-state index >= 15 is 0 Å². The van der Waals surface area contributed by atoms with E-state index in [1.54, 1.807) is 0 Å². The zero-order chi connectivity index (χ0) is 19.6. The largest absolute Gasteiger partial charge is 0.494 e. The predicted molar refractivity (Wildman–Crippen MR) is 110 cm³/mol. The maximum absolute atomic E-state index is 12.0. The topological polar surface area (TPSA) is 59.6 Å². The number of amides is 1. The maximum atomic E-state index is 12.0. The SMILES string of the molecule is Cc1ccc(OCCC2CCCNC2)cc1CNC(=O)OCc1ccccc1. The van der Waals surface area contributed by atoms with Crippen LogP contribution < -0.4 is 15.4 Å². The van der Waals surface area contributed by atoms with E-state index in [1.165, 1.54) is 12.8 Å². The molecule has 1 unspecified atom stereocenters. The fraction of sp³-hybridized carbons (Fsp3) is 0.435. The summed E-state index contributed by atoms with van der Waals surface area (Å²) in [6, 6.07) is 15.7. The number of carbonyl (C=O) groups excluding carboxylic acids is 1. The Bertz CT molecular complexity index is 743. The molecular formula is C23H30N2O3. The first-order chi connectivity index (χ1) is 13.7. The number of nitrogens with one attached hydrogen (secondary N) is 2. The Kier molecular flexibility index (Phi) is 7.73. The first-order valence-corrected chi connectivity index (χ1v) is 10.1. The summed E-state index contributed by atoms with van der Waals surface area (Å²) in [5, 5.41) is 6.26. The van der Waals surface area contributed by atoms with Gasteiger partial charge < -0.3 is 20.1 Å². The van der Waals surface area contributed by atoms with E-state index in [-0.39, 0.29) is 6.61 Å². The molecule has 0 bridgehead atoms. The van der Waals surface area contributed by atoms with E-state index in [1.807, 2.05) is 55.5 Å². The van der Waals surface area contributed by atoms with Crippen LogP contribution in [0.1, 0.15) is 36.0 Å². The van der Waals surface area contributed by atoms with Crippen LogP contribution in [0.5, 0.6) is 5.75 Å². The number of carbonyl (C=O) groups is 1. The van der Waals surface area contributed by atoms with Gasteiger partial charge in [0.15, 0.2) is 0 Å². The van der Waals surface area contributed by atoms with E-state index < -0.39 is 6.09 Å². The Morgan fingerprint density at radius 2 is 2.07 bits per heavy atom. The number of ether oxygens (including phenoxy) is 2. The molecule has 28 heavy (non-hydrogen) atoms. The molecule has 0 spiro atoms. The van der Waals surface area contributed by atoms with E-state index in [9.17, 15) is 4.79 Å². The second-order valence-electron chi connectivity index (χ2n) is 7.35. The summed E-state index contributed by atoms with van der Waals surface area (Å²) in [5.41, 5.74) is 3.12. The maximum Gasteiger partial charge on any atom is 0.407 e. The molecule has 1 aliphatic heterocycles. The van der Waals surface area contributed by atoms with Crippen molar-refractivity contribution in [2.45, 2.75) is 39.3 Å². The van der Waals surface area contributed by atoms with Crippen LogP contribution in [0.15, 0.2) is 48.5 Å². The molecule has 0 saturated carbocycles. The monoisotopic (exact) mass is 382 g/mol. The van der Waals surface area contributed by atoms with Gasteiger partial charge in [-0.25, -0.2) is 4.79 Å². The van der Waals surface area contributed by atoms with Gasteiger partial charge in [0.2, 0.25) is 0 Å². The van der Waals surface area contributed by atoms with E-state index in [2.05, 4.69) is 10.6 Å². The normalized spacial score (nSPS) is 16.4. The quantitative estimate of drug-likeness (QED) is 0.719. The van der Waals surface area contributed by atoms with Crippen LogP contribution in [-0.4, -0.2) is 25.8 Å². The number of hydrogen-bond donors (Lipinski definition) is 2. The van der Waals surface area contributed by atoms with Crippen LogP contribution in [0, 0.1) is 12.8 Å². The highest BCUT2D eigenvalue weighted by atomic mass is 16.5. The smallest absolute Gasteiger partial charge is 0.407 e. The van der Waals surface area contributed by atoms with Crippen LogP contribution in [0.25, 0.3) is 0 Å². The lowest BCUT2D eigenvalue weighted by molar-refractivity contribution is 0.139. The fourth-order valence-corrected chi connectivity index (χ4v) is 3.38. The molecule has 5 heteroatoms. The van der Waals surface area contributed by atoms with E-state index in [0.29, 0.717) is 12.5 Å². The van der Waals surface area contributed by atoms with Crippen molar-refractivity contribution in [2.75, 3.05) is 19.7 Å². The van der Waals surface area contributed by atoms with Crippen molar-refractivity contribution in [2.24, 2.45) is 5.92 Å². The molecule has 2 aromatic carbocycles. The summed E-state index contributed by atoms with van der Waals surface area (Å²) in [7, 11) is 0. The van der Waals surface area contributed by atoms with Gasteiger partial charge in [-0.2, -0.15) is 0 Å². The average molecular weight is 383 g/mol. The van der Waals surface area contributed by atoms with Crippen LogP contribution in [0.3, 0.4) is 0 Å². The molecule has 1 heterocycles. The van der Waals surface area contributed by atoms with Crippen molar-refractivity contribution in [3.63, 3.8) is 0 Å². The minimum absolute atomic E-state index is 0.269. The zero-order valence-electron chi connectivity index (χ0n) is 16.6. The van der Waals surface area contributed by atoms with Gasteiger partial charge in [0.05, 0.1) is 6.61 Å². The average Bonchev–Trinajstić information content (AvgIpc) is 2.74. The minimum Gasteiger partial charge on any atom is -0.494 e. The molecule has 2 aromatic rings. The van der Waals surface area contributed by atoms with Gasteiger partial charge in [0, 0.05) is 6.54 Å². The van der Waals surface area contributed by atoms with Gasteiger partial charge in [-0.1, -0.05) is 36.4 Å². The number of rotatable bonds is 8. The van der Waals surface area contributed by atoms with Crippen molar-refractivity contribution < 1.29 is 14.3 Å². The molecular weight excluding hydrogens is 352 g/mol. The lowest BCUT2D eigenvalue weighted by Crippen LogP contribution is -2.30. The summed E-state index contributed by atoms with van der Waals surface area (Å²) < 4.78 is 11.2. The first kappa shape index (κ1) is 20.2. The fourth-order valence-electron chi connectivity index (χ4n) is 3.38. The number of aryl methyl sites for hydroxylation is 1. The molecule has 0 aliphatic carbocycles. The Morgan fingerprint density at radius 1 is 1.21 bits per heavy atom. The van der Waals surface area contributed by atoms with Gasteiger partial charge >= 0.3 is 6.09 Å². The summed E-state index contributed by atoms with van der Waals surface area (Å²) in [5.74, 6) is 1.56. The summed E-state index contributed by atoms with van der Waals surface area (Å²) in [6.07, 6.45) is 3.19. The Balaban J connectivity index is 1.42. The van der Waals surface area contributed by atoms with E-state index in [0.717, 1.165) is 48.6 Å². The van der Waals surface area contributed by atoms with Gasteiger partial charge in [-0.05, 0) is 74.0 Å². The molecule has 1 amide bonds. The van der Waals surface area contributed by atoms with Crippen LogP contribution >= 0.6 is 0 Å². The van der Waals surface area contributed by atoms with Crippen molar-refractivity contribution in [3.8, 4) is 5.75 Å². The second kappa shape index (κ2) is 10.7. The highest BCUT2D eigenvalue weighted by Gasteiger charge is 2.13. The third kappa shape index (κ3) is 6.57. The molecule has 2 N–H and O–H groups in total. The summed E-state index contributed by atoms with van der Waals surface area (Å²) >= 11 is 0. The van der Waals surface area contributed by atoms with Gasteiger partial charge in [-0.15, -0.1) is 0 Å². The van der Waals surface area contributed by atoms with Gasteiger partial charge in [0.1, 0.15) is 12.4 Å². The van der Waals surface area contributed by atoms with E-state index in [4.69, 9.17) is 9.47 Å². The van der Waals surface area contributed by atoms with Crippen molar-refractivity contribution >= 4 is 6.09 Å². The highest BCUT2D eigenvalue weighted by Crippen LogP contribution is 2.19. The highest BCUT2D eigenvalue weighted by molar-refractivity contribution is 5.67. The second-order valence-corrected chi connectivity index (χ2v) is 7.35. The molecule has 1 aliphatic rings. The van der Waals surface area contributed by atoms with Crippen LogP contribution in [-0.2, 0) is 17.9 Å². The predicted octanol–water partition coefficient (Wildman–Crippen LogP) is 4.19. The zero-order valence-corrected chi connectivity index (χ0v) is 16.6. The molecule has 0 aromatic heterocycles. The molecule has 0 radical (unpaired) electrons. The number of benzene rings is 2. The van der Waals surface area contributed by atoms with Crippen molar-refractivity contribution in [1.82, 2.24) is 10.6 Å². The minimum atomic E-state index is -0.417. The van der Waals surface area contributed by atoms with Gasteiger partial charge in [-0.3, -0.25) is 0 Å². The molecule has 5 nitrogen and oxygen atoms in total. The third-order valence-corrected chi connectivity index (χ3v) is 5.15. The van der Waals surface area contributed by atoms with Crippen molar-refractivity contribution in [1.29, 1.82) is 0 Å². The van der Waals surface area contributed by atoms with Gasteiger partial charge in [0.25, 0.3) is 0 Å². The molecule has 1 atom stereocenters. The Hall–Kier alpha value is -2.53. The Morgan fingerprint density at radius 3 is 2.86 bits per heavy atom. The van der Waals surface area contributed by atoms with Crippen LogP contribution in [0.4, 0.5) is 4.79 Å². The Labute approximate surface area is 167 Å². The molecule has 150 valence electrons. The molecule has 1 saturated heterocycles. The number of alkyl carbamates (subject to hydrolysis) is 1. The number of piperidine rings is 1. The first-order valence-electron chi connectivity index (χ1n) is 10.1. The summed E-state index contributed by atoms with van der Waals surface area (Å²) in [6.45, 7) is 5.68. The summed E-state index contributed by atoms with van der Waals surface area (Å²) in [4.78, 5) is 12.0. The molecule has 3 rings (SSSR count). The lowest BCUT2D eigenvalue weighted by Gasteiger charge is -2.22. The van der Waals surface area contributed by atoms with Crippen LogP contribution in [0.2, 0.25) is 0 Å². The molecule has 1 fully saturated rings. The number of hydrogen-bond acceptors (Lipinski definition) is 4. The standard InChI is InChI=1S/C23H30N2O3/c1-18-9-10-22(27-13-11-19-8-5-12-24-15-19)14-21(18)16-25-23(26)28-17-20-6-3-2-4-7-20/h2-4,6-7,9-10,14,19,24H,5,8,11-13,15-17H2,1H3,(H,25,26). The van der Waals surface area contributed by atoms with Crippen molar-refractivity contribution in [3.05, 3.63) is 65.2 Å². The third-order valence-electron chi connectivity index (χ3n) is 5.15. The lowest BCUT2D eigenvalue weighted by atomic mass is 9.97.